The van der Waals surface area contributed by atoms with Gasteiger partial charge >= 0.3 is 0 Å². The lowest BCUT2D eigenvalue weighted by atomic mass is 10.1. The van der Waals surface area contributed by atoms with Crippen molar-refractivity contribution in [2.75, 3.05) is 18.5 Å². The van der Waals surface area contributed by atoms with Crippen molar-refractivity contribution in [3.8, 4) is 5.75 Å². The molecule has 0 atom stereocenters. The van der Waals surface area contributed by atoms with Crippen LogP contribution in [0.3, 0.4) is 0 Å². The molecule has 84 valence electrons. The molecule has 1 aromatic carbocycles. The summed E-state index contributed by atoms with van der Waals surface area (Å²) >= 11 is 3.39. The number of benzene rings is 1. The van der Waals surface area contributed by atoms with Gasteiger partial charge in [0, 0.05) is 5.33 Å². The highest BCUT2D eigenvalue weighted by Gasteiger charge is 2.01. The van der Waals surface area contributed by atoms with Gasteiger partial charge in [-0.15, -0.1) is 0 Å². The van der Waals surface area contributed by atoms with E-state index in [0.717, 1.165) is 43.5 Å². The molecular formula is C12H18BrNO. The van der Waals surface area contributed by atoms with E-state index in [4.69, 9.17) is 10.5 Å². The average Bonchev–Trinajstić information content (AvgIpc) is 2.28. The molecule has 0 aliphatic rings. The van der Waals surface area contributed by atoms with Crippen molar-refractivity contribution in [3.63, 3.8) is 0 Å². The molecule has 0 unspecified atom stereocenters. The van der Waals surface area contributed by atoms with Crippen LogP contribution in [-0.2, 0) is 6.42 Å². The Kier molecular flexibility index (Phi) is 6.44. The summed E-state index contributed by atoms with van der Waals surface area (Å²) in [5.41, 5.74) is 6.76. The lowest BCUT2D eigenvalue weighted by molar-refractivity contribution is 0.315. The van der Waals surface area contributed by atoms with Gasteiger partial charge in [-0.1, -0.05) is 34.1 Å². The molecule has 15 heavy (non-hydrogen) atoms. The molecule has 1 aromatic rings. The third-order valence-electron chi connectivity index (χ3n) is 2.16. The molecule has 0 aliphatic heterocycles. The highest BCUT2D eigenvalue weighted by Crippen LogP contribution is 2.19. The zero-order chi connectivity index (χ0) is 10.9. The molecule has 1 rings (SSSR count). The normalized spacial score (nSPS) is 10.3. The predicted octanol–water partition coefficient (Wildman–Crippen LogP) is 2.74. The Balaban J connectivity index is 2.52. The van der Waals surface area contributed by atoms with Gasteiger partial charge in [0.1, 0.15) is 5.75 Å². The molecule has 0 spiro atoms. The quantitative estimate of drug-likeness (QED) is 0.612. The second-order valence-corrected chi connectivity index (χ2v) is 4.18. The average molecular weight is 272 g/mol. The Hall–Kier alpha value is -0.540. The zero-order valence-electron chi connectivity index (χ0n) is 8.92. The Morgan fingerprint density at radius 1 is 1.20 bits per heavy atom. The number of rotatable bonds is 7. The number of hydrogen-bond acceptors (Lipinski definition) is 2. The number of alkyl halides is 1. The third-order valence-corrected chi connectivity index (χ3v) is 2.72. The maximum atomic E-state index is 5.70. The summed E-state index contributed by atoms with van der Waals surface area (Å²) < 4.78 is 5.70. The van der Waals surface area contributed by atoms with Gasteiger partial charge in [-0.25, -0.2) is 0 Å². The number of para-hydroxylation sites is 1. The number of nitrogens with two attached hydrogens (primary N) is 1. The van der Waals surface area contributed by atoms with Crippen LogP contribution in [-0.4, -0.2) is 18.5 Å². The molecule has 3 heteroatoms. The minimum atomic E-state index is 0.732. The molecule has 2 nitrogen and oxygen atoms in total. The van der Waals surface area contributed by atoms with E-state index >= 15 is 0 Å². The van der Waals surface area contributed by atoms with Crippen LogP contribution < -0.4 is 10.5 Å². The molecule has 0 saturated carbocycles. The highest BCUT2D eigenvalue weighted by molar-refractivity contribution is 9.09. The second-order valence-electron chi connectivity index (χ2n) is 3.39. The van der Waals surface area contributed by atoms with Gasteiger partial charge in [0.15, 0.2) is 0 Å². The van der Waals surface area contributed by atoms with Crippen LogP contribution >= 0.6 is 15.9 Å². The molecule has 0 aliphatic carbocycles. The van der Waals surface area contributed by atoms with Crippen molar-refractivity contribution in [3.05, 3.63) is 29.8 Å². The lowest BCUT2D eigenvalue weighted by Gasteiger charge is -2.10. The van der Waals surface area contributed by atoms with E-state index in [0.29, 0.717) is 0 Å². The highest BCUT2D eigenvalue weighted by atomic mass is 79.9. The number of aryl methyl sites for hydroxylation is 1. The van der Waals surface area contributed by atoms with Gasteiger partial charge in [0.25, 0.3) is 0 Å². The summed E-state index contributed by atoms with van der Waals surface area (Å²) in [5, 5.41) is 0.984. The maximum Gasteiger partial charge on any atom is 0.122 e. The summed E-state index contributed by atoms with van der Waals surface area (Å²) in [6.45, 7) is 1.50. The van der Waals surface area contributed by atoms with E-state index in [-0.39, 0.29) is 0 Å². The van der Waals surface area contributed by atoms with Crippen LogP contribution in [0.5, 0.6) is 5.75 Å². The van der Waals surface area contributed by atoms with Gasteiger partial charge in [0.05, 0.1) is 6.61 Å². The summed E-state index contributed by atoms with van der Waals surface area (Å²) in [6, 6.07) is 8.19. The molecule has 0 amide bonds. The molecule has 0 aromatic heterocycles. The minimum absolute atomic E-state index is 0.732. The van der Waals surface area contributed by atoms with E-state index in [9.17, 15) is 0 Å². The minimum Gasteiger partial charge on any atom is -0.493 e. The molecule has 0 heterocycles. The van der Waals surface area contributed by atoms with Crippen molar-refractivity contribution in [2.45, 2.75) is 19.3 Å². The van der Waals surface area contributed by atoms with E-state index in [1.807, 2.05) is 18.2 Å². The molecule has 0 bridgehead atoms. The topological polar surface area (TPSA) is 35.2 Å². The Morgan fingerprint density at radius 3 is 2.73 bits per heavy atom. The molecular weight excluding hydrogens is 254 g/mol. The van der Waals surface area contributed by atoms with Crippen LogP contribution in [0.1, 0.15) is 18.4 Å². The monoisotopic (exact) mass is 271 g/mol. The van der Waals surface area contributed by atoms with Crippen molar-refractivity contribution in [1.29, 1.82) is 0 Å². The lowest BCUT2D eigenvalue weighted by Crippen LogP contribution is -2.03. The van der Waals surface area contributed by atoms with Crippen LogP contribution in [0.4, 0.5) is 0 Å². The fourth-order valence-electron chi connectivity index (χ4n) is 1.38. The second kappa shape index (κ2) is 7.71. The first-order valence-electron chi connectivity index (χ1n) is 5.35. The predicted molar refractivity (Wildman–Crippen MR) is 67.7 cm³/mol. The standard InChI is InChI=1S/C12H18BrNO/c13-8-4-10-15-12-7-2-1-5-11(12)6-3-9-14/h1-2,5,7H,3-4,6,8-10,14H2. The number of ether oxygens (including phenoxy) is 1. The first-order chi connectivity index (χ1) is 7.38. The molecule has 0 fully saturated rings. The molecule has 2 N–H and O–H groups in total. The van der Waals surface area contributed by atoms with Crippen molar-refractivity contribution in [1.82, 2.24) is 0 Å². The molecule has 0 radical (unpaired) electrons. The van der Waals surface area contributed by atoms with Gasteiger partial charge in [-0.3, -0.25) is 0 Å². The number of hydrogen-bond donors (Lipinski definition) is 1. The van der Waals surface area contributed by atoms with Crippen LogP contribution in [0.2, 0.25) is 0 Å². The Bertz CT molecular complexity index is 278. The molecule has 0 saturated heterocycles. The Labute approximate surface area is 99.9 Å². The van der Waals surface area contributed by atoms with E-state index in [2.05, 4.69) is 22.0 Å². The van der Waals surface area contributed by atoms with E-state index in [1.165, 1.54) is 5.56 Å². The smallest absolute Gasteiger partial charge is 0.122 e. The summed E-state index contributed by atoms with van der Waals surface area (Å²) in [7, 11) is 0. The van der Waals surface area contributed by atoms with Gasteiger partial charge in [-0.2, -0.15) is 0 Å². The van der Waals surface area contributed by atoms with Crippen LogP contribution in [0.25, 0.3) is 0 Å². The first-order valence-corrected chi connectivity index (χ1v) is 6.47. The maximum absolute atomic E-state index is 5.70. The van der Waals surface area contributed by atoms with Gasteiger partial charge in [-0.05, 0) is 37.4 Å². The fourth-order valence-corrected chi connectivity index (χ4v) is 1.61. The fraction of sp³-hybridized carbons (Fsp3) is 0.500. The van der Waals surface area contributed by atoms with Gasteiger partial charge in [0.2, 0.25) is 0 Å². The van der Waals surface area contributed by atoms with Crippen LogP contribution in [0, 0.1) is 0 Å². The third kappa shape index (κ3) is 4.67. The zero-order valence-corrected chi connectivity index (χ0v) is 10.5. The Morgan fingerprint density at radius 2 is 2.00 bits per heavy atom. The van der Waals surface area contributed by atoms with E-state index in [1.54, 1.807) is 0 Å². The first kappa shape index (κ1) is 12.5. The van der Waals surface area contributed by atoms with Gasteiger partial charge < -0.3 is 10.5 Å². The van der Waals surface area contributed by atoms with Crippen LogP contribution in [0.15, 0.2) is 24.3 Å². The summed E-state index contributed by atoms with van der Waals surface area (Å²) in [4.78, 5) is 0. The largest absolute Gasteiger partial charge is 0.493 e. The SMILES string of the molecule is NCCCc1ccccc1OCCCBr. The summed E-state index contributed by atoms with van der Waals surface area (Å²) in [6.07, 6.45) is 3.05. The number of halogens is 1. The van der Waals surface area contributed by atoms with Crippen molar-refractivity contribution < 1.29 is 4.74 Å². The van der Waals surface area contributed by atoms with Crippen molar-refractivity contribution in [2.24, 2.45) is 5.73 Å². The van der Waals surface area contributed by atoms with Crippen molar-refractivity contribution >= 4 is 15.9 Å². The summed E-state index contributed by atoms with van der Waals surface area (Å²) in [5.74, 6) is 1.01. The van der Waals surface area contributed by atoms with E-state index < -0.39 is 0 Å².